The van der Waals surface area contributed by atoms with Gasteiger partial charge in [-0.15, -0.1) is 0 Å². The number of hydrogen-bond donors (Lipinski definition) is 1. The molecule has 3 nitrogen and oxygen atoms in total. The number of nitrogens with one attached hydrogen (secondary N) is 1. The molecular weight excluding hydrogens is 667 g/mol. The first kappa shape index (κ1) is 38.3. The normalized spacial score (nSPS) is 12.8. The highest BCUT2D eigenvalue weighted by atomic mass is 14.7. The molecule has 3 aromatic heterocycles. The molecule has 0 saturated carbocycles. The Kier molecular flexibility index (Phi) is 9.69. The van der Waals surface area contributed by atoms with E-state index in [-0.39, 0.29) is 16.2 Å². The third-order valence-corrected chi connectivity index (χ3v) is 11.3. The van der Waals surface area contributed by atoms with Gasteiger partial charge in [0.05, 0.1) is 22.4 Å². The van der Waals surface area contributed by atoms with Crippen molar-refractivity contribution in [2.24, 2.45) is 0 Å². The van der Waals surface area contributed by atoms with Crippen LogP contribution in [-0.4, -0.2) is 15.0 Å². The van der Waals surface area contributed by atoms with Gasteiger partial charge in [0.1, 0.15) is 0 Å². The zero-order valence-electron chi connectivity index (χ0n) is 35.4. The number of fused-ring (bicyclic) bond motifs is 3. The van der Waals surface area contributed by atoms with Crippen molar-refractivity contribution in [3.05, 3.63) is 131 Å². The maximum Gasteiger partial charge on any atom is 0.0723 e. The van der Waals surface area contributed by atoms with Gasteiger partial charge in [-0.05, 0) is 116 Å². The topological polar surface area (TPSA) is 41.6 Å². The number of H-pyrrole nitrogens is 1. The molecular formula is C52H59N3. The van der Waals surface area contributed by atoms with Crippen LogP contribution < -0.4 is 0 Å². The zero-order valence-corrected chi connectivity index (χ0v) is 35.4. The highest BCUT2D eigenvalue weighted by Crippen LogP contribution is 2.44. The highest BCUT2D eigenvalue weighted by Gasteiger charge is 2.25. The lowest BCUT2D eigenvalue weighted by Gasteiger charge is -2.27. The molecule has 0 bridgehead atoms. The molecule has 0 radical (unpaired) electrons. The van der Waals surface area contributed by atoms with Crippen LogP contribution >= 0.6 is 0 Å². The minimum absolute atomic E-state index is 0.0226. The van der Waals surface area contributed by atoms with Crippen LogP contribution in [0.15, 0.2) is 103 Å². The first-order chi connectivity index (χ1) is 25.8. The van der Waals surface area contributed by atoms with E-state index in [9.17, 15) is 0 Å². The summed E-state index contributed by atoms with van der Waals surface area (Å²) in [5, 5.41) is 2.48. The van der Waals surface area contributed by atoms with E-state index in [1.54, 1.807) is 0 Å². The lowest BCUT2D eigenvalue weighted by atomic mass is 9.78. The Hall–Kier alpha value is -5.02. The molecule has 0 unspecified atom stereocenters. The van der Waals surface area contributed by atoms with Crippen LogP contribution in [0.25, 0.3) is 66.6 Å². The molecule has 7 rings (SSSR count). The van der Waals surface area contributed by atoms with Crippen molar-refractivity contribution in [3.63, 3.8) is 0 Å². The van der Waals surface area contributed by atoms with Crippen molar-refractivity contribution in [3.8, 4) is 44.8 Å². The fraction of sp³-hybridized carbons (Fsp3) is 0.346. The Labute approximate surface area is 329 Å². The predicted molar refractivity (Wildman–Crippen MR) is 237 cm³/mol. The van der Waals surface area contributed by atoms with E-state index >= 15 is 0 Å². The minimum atomic E-state index is -0.0399. The average Bonchev–Trinajstić information content (AvgIpc) is 3.51. The van der Waals surface area contributed by atoms with Gasteiger partial charge in [0.25, 0.3) is 0 Å². The van der Waals surface area contributed by atoms with Crippen LogP contribution in [0.5, 0.6) is 0 Å². The molecule has 282 valence electrons. The Morgan fingerprint density at radius 2 is 1.02 bits per heavy atom. The fourth-order valence-corrected chi connectivity index (χ4v) is 7.84. The maximum absolute atomic E-state index is 5.15. The van der Waals surface area contributed by atoms with E-state index in [2.05, 4.69) is 186 Å². The summed E-state index contributed by atoms with van der Waals surface area (Å²) in [7, 11) is 0. The lowest BCUT2D eigenvalue weighted by Crippen LogP contribution is -2.14. The van der Waals surface area contributed by atoms with Gasteiger partial charge < -0.3 is 4.98 Å². The fourth-order valence-electron chi connectivity index (χ4n) is 7.84. The molecule has 0 aliphatic rings. The van der Waals surface area contributed by atoms with Crippen molar-refractivity contribution < 1.29 is 0 Å². The van der Waals surface area contributed by atoms with Crippen LogP contribution in [0, 0.1) is 0 Å². The molecule has 0 atom stereocenters. The third-order valence-electron chi connectivity index (χ3n) is 11.3. The molecule has 0 fully saturated rings. The maximum atomic E-state index is 5.15. The van der Waals surface area contributed by atoms with E-state index in [1.807, 2.05) is 12.3 Å². The molecule has 3 heterocycles. The molecule has 0 saturated heterocycles. The van der Waals surface area contributed by atoms with Crippen LogP contribution in [-0.2, 0) is 16.2 Å². The third kappa shape index (κ3) is 7.39. The molecule has 1 N–H and O–H groups in total. The number of rotatable bonds is 6. The quantitative estimate of drug-likeness (QED) is 0.185. The van der Waals surface area contributed by atoms with Crippen molar-refractivity contribution in [1.29, 1.82) is 0 Å². The van der Waals surface area contributed by atoms with Gasteiger partial charge >= 0.3 is 0 Å². The minimum Gasteiger partial charge on any atom is -0.353 e. The summed E-state index contributed by atoms with van der Waals surface area (Å²) in [5.41, 5.74) is 18.2. The Morgan fingerprint density at radius 1 is 0.473 bits per heavy atom. The van der Waals surface area contributed by atoms with Gasteiger partial charge in [0.15, 0.2) is 0 Å². The van der Waals surface area contributed by atoms with Crippen LogP contribution in [0.1, 0.15) is 130 Å². The molecule has 4 aromatic carbocycles. The number of aromatic amines is 1. The van der Waals surface area contributed by atoms with E-state index in [0.29, 0.717) is 11.8 Å². The summed E-state index contributed by atoms with van der Waals surface area (Å²) in [6.07, 6.45) is 3.98. The number of hydrogen-bond acceptors (Lipinski definition) is 2. The molecule has 3 heteroatoms. The lowest BCUT2D eigenvalue weighted by molar-refractivity contribution is 0.586. The van der Waals surface area contributed by atoms with Gasteiger partial charge in [-0.25, -0.2) is 0 Å². The van der Waals surface area contributed by atoms with Crippen LogP contribution in [0.4, 0.5) is 0 Å². The molecule has 0 spiro atoms. The molecule has 55 heavy (non-hydrogen) atoms. The van der Waals surface area contributed by atoms with Crippen molar-refractivity contribution in [2.45, 2.75) is 118 Å². The van der Waals surface area contributed by atoms with E-state index < -0.39 is 0 Å². The number of pyridine rings is 2. The van der Waals surface area contributed by atoms with E-state index in [0.717, 1.165) is 33.5 Å². The van der Waals surface area contributed by atoms with Gasteiger partial charge in [-0.1, -0.05) is 132 Å². The first-order valence-corrected chi connectivity index (χ1v) is 20.1. The summed E-state index contributed by atoms with van der Waals surface area (Å²) in [5.74, 6) is 0.799. The van der Waals surface area contributed by atoms with Gasteiger partial charge in [-0.3, -0.25) is 9.97 Å². The van der Waals surface area contributed by atoms with Crippen molar-refractivity contribution >= 4 is 21.8 Å². The van der Waals surface area contributed by atoms with Crippen molar-refractivity contribution in [2.75, 3.05) is 0 Å². The number of aromatic nitrogens is 3. The van der Waals surface area contributed by atoms with Gasteiger partial charge in [0.2, 0.25) is 0 Å². The standard InChI is InChI=1S/C52H59N3/c1-31(2)39-24-36(50(5,6)7)25-40(32(3)4)47(39)35-20-21-45(54-30-35)34-18-16-17-33(23-34)41-26-37(51(8,9)10)27-42-43-28-38(52(11,12)13)29-44(49(43)55-48(41)42)46-19-14-15-22-53-46/h14-32,55H,1-13H3. The van der Waals surface area contributed by atoms with Gasteiger partial charge in [-0.2, -0.15) is 0 Å². The monoisotopic (exact) mass is 725 g/mol. The van der Waals surface area contributed by atoms with E-state index in [4.69, 9.17) is 9.97 Å². The molecule has 0 aliphatic carbocycles. The number of nitrogens with zero attached hydrogens (tertiary/aromatic N) is 2. The Bertz CT molecular complexity index is 2480. The summed E-state index contributed by atoms with van der Waals surface area (Å²) in [6, 6.07) is 34.0. The molecule has 0 aliphatic heterocycles. The molecule has 0 amide bonds. The zero-order chi connectivity index (χ0) is 39.6. The predicted octanol–water partition coefficient (Wildman–Crippen LogP) is 14.9. The smallest absolute Gasteiger partial charge is 0.0723 e. The SMILES string of the molecule is CC(C)c1cc(C(C)(C)C)cc(C(C)C)c1-c1ccc(-c2cccc(-c3cc(C(C)(C)C)cc4c3[nH]c3c(-c5ccccn5)cc(C(C)(C)C)cc34)c2)nc1. The second-order valence-corrected chi connectivity index (χ2v) is 19.3. The highest BCUT2D eigenvalue weighted by molar-refractivity contribution is 6.16. The second-order valence-electron chi connectivity index (χ2n) is 19.3. The largest absolute Gasteiger partial charge is 0.353 e. The summed E-state index contributed by atoms with van der Waals surface area (Å²) in [6.45, 7) is 30.0. The summed E-state index contributed by atoms with van der Waals surface area (Å²) in [4.78, 5) is 13.9. The van der Waals surface area contributed by atoms with Crippen LogP contribution in [0.3, 0.4) is 0 Å². The Balaban J connectivity index is 1.39. The Morgan fingerprint density at radius 3 is 1.53 bits per heavy atom. The van der Waals surface area contributed by atoms with E-state index in [1.165, 1.54) is 60.8 Å². The summed E-state index contributed by atoms with van der Waals surface area (Å²) >= 11 is 0. The van der Waals surface area contributed by atoms with Crippen molar-refractivity contribution in [1.82, 2.24) is 15.0 Å². The second kappa shape index (κ2) is 13.9. The first-order valence-electron chi connectivity index (χ1n) is 20.1. The average molecular weight is 726 g/mol. The molecule has 7 aromatic rings. The summed E-state index contributed by atoms with van der Waals surface area (Å²) < 4.78 is 0. The van der Waals surface area contributed by atoms with Gasteiger partial charge in [0, 0.05) is 45.4 Å². The van der Waals surface area contributed by atoms with Crippen LogP contribution in [0.2, 0.25) is 0 Å². The number of benzene rings is 4.